The molecular formula is C15H17FN2. The maximum atomic E-state index is 13.9. The predicted octanol–water partition coefficient (Wildman–Crippen LogP) is 2.92. The van der Waals surface area contributed by atoms with Crippen LogP contribution >= 0.6 is 0 Å². The molecule has 2 rings (SSSR count). The largest absolute Gasteiger partial charge is 0.368 e. The summed E-state index contributed by atoms with van der Waals surface area (Å²) in [5, 5.41) is 0. The fraction of sp³-hybridized carbons (Fsp3) is 0.200. The first-order chi connectivity index (χ1) is 8.70. The van der Waals surface area contributed by atoms with Crippen LogP contribution in [0.2, 0.25) is 0 Å². The van der Waals surface area contributed by atoms with E-state index in [1.807, 2.05) is 48.3 Å². The first-order valence-electron chi connectivity index (χ1n) is 5.94. The smallest absolute Gasteiger partial charge is 0.146 e. The number of hydrogen-bond donors (Lipinski definition) is 1. The Kier molecular flexibility index (Phi) is 3.95. The molecule has 2 aromatic carbocycles. The summed E-state index contributed by atoms with van der Waals surface area (Å²) in [6.07, 6.45) is 0. The van der Waals surface area contributed by atoms with Crippen molar-refractivity contribution in [1.29, 1.82) is 0 Å². The first-order valence-corrected chi connectivity index (χ1v) is 5.94. The molecular weight excluding hydrogens is 227 g/mol. The van der Waals surface area contributed by atoms with E-state index in [0.717, 1.165) is 11.1 Å². The van der Waals surface area contributed by atoms with Crippen molar-refractivity contribution in [2.75, 3.05) is 11.9 Å². The summed E-state index contributed by atoms with van der Waals surface area (Å²) >= 11 is 0. The summed E-state index contributed by atoms with van der Waals surface area (Å²) in [5.41, 5.74) is 8.05. The van der Waals surface area contributed by atoms with Crippen LogP contribution < -0.4 is 10.6 Å². The fourth-order valence-corrected chi connectivity index (χ4v) is 1.93. The van der Waals surface area contributed by atoms with Crippen molar-refractivity contribution in [3.63, 3.8) is 0 Å². The van der Waals surface area contributed by atoms with Crippen molar-refractivity contribution in [3.8, 4) is 0 Å². The van der Waals surface area contributed by atoms with Gasteiger partial charge in [0.25, 0.3) is 0 Å². The number of rotatable bonds is 4. The van der Waals surface area contributed by atoms with Crippen molar-refractivity contribution in [2.45, 2.75) is 13.1 Å². The summed E-state index contributed by atoms with van der Waals surface area (Å²) in [6.45, 7) is 1.04. The molecule has 2 nitrogen and oxygen atoms in total. The summed E-state index contributed by atoms with van der Waals surface area (Å²) in [5.74, 6) is -0.226. The fourth-order valence-electron chi connectivity index (χ4n) is 1.93. The minimum atomic E-state index is -0.226. The molecule has 18 heavy (non-hydrogen) atoms. The van der Waals surface area contributed by atoms with Gasteiger partial charge in [0.1, 0.15) is 5.82 Å². The molecule has 0 atom stereocenters. The Morgan fingerprint density at radius 1 is 1.06 bits per heavy atom. The lowest BCUT2D eigenvalue weighted by molar-refractivity contribution is 0.620. The van der Waals surface area contributed by atoms with Gasteiger partial charge in [-0.1, -0.05) is 36.4 Å². The molecule has 3 heteroatoms. The second-order valence-corrected chi connectivity index (χ2v) is 4.33. The highest BCUT2D eigenvalue weighted by atomic mass is 19.1. The third kappa shape index (κ3) is 2.87. The van der Waals surface area contributed by atoms with Gasteiger partial charge in [-0.15, -0.1) is 0 Å². The highest BCUT2D eigenvalue weighted by molar-refractivity contribution is 5.49. The maximum Gasteiger partial charge on any atom is 0.146 e. The zero-order valence-electron chi connectivity index (χ0n) is 10.4. The van der Waals surface area contributed by atoms with Crippen LogP contribution in [0.25, 0.3) is 0 Å². The van der Waals surface area contributed by atoms with Crippen LogP contribution in [0.3, 0.4) is 0 Å². The lowest BCUT2D eigenvalue weighted by Crippen LogP contribution is -2.17. The van der Waals surface area contributed by atoms with Gasteiger partial charge in [-0.3, -0.25) is 0 Å². The topological polar surface area (TPSA) is 29.3 Å². The molecule has 0 bridgehead atoms. The first kappa shape index (κ1) is 12.6. The molecule has 0 amide bonds. The number of hydrogen-bond acceptors (Lipinski definition) is 2. The molecule has 0 saturated carbocycles. The standard InChI is InChI=1S/C15H17FN2/c1-18(11-12-5-3-2-4-6-12)15-8-7-13(10-17)9-14(15)16/h2-9H,10-11,17H2,1H3. The van der Waals surface area contributed by atoms with Gasteiger partial charge in [0, 0.05) is 20.1 Å². The molecule has 0 radical (unpaired) electrons. The van der Waals surface area contributed by atoms with Gasteiger partial charge in [0.15, 0.2) is 0 Å². The van der Waals surface area contributed by atoms with Crippen molar-refractivity contribution in [3.05, 3.63) is 65.5 Å². The normalized spacial score (nSPS) is 10.4. The van der Waals surface area contributed by atoms with Crippen LogP contribution in [0, 0.1) is 5.82 Å². The molecule has 0 heterocycles. The Labute approximate surface area is 107 Å². The van der Waals surface area contributed by atoms with Crippen molar-refractivity contribution >= 4 is 5.69 Å². The van der Waals surface area contributed by atoms with E-state index >= 15 is 0 Å². The predicted molar refractivity (Wildman–Crippen MR) is 72.8 cm³/mol. The summed E-state index contributed by atoms with van der Waals surface area (Å²) in [6, 6.07) is 15.1. The summed E-state index contributed by atoms with van der Waals surface area (Å²) in [4.78, 5) is 1.89. The lowest BCUT2D eigenvalue weighted by Gasteiger charge is -2.20. The van der Waals surface area contributed by atoms with Crippen molar-refractivity contribution < 1.29 is 4.39 Å². The van der Waals surface area contributed by atoms with E-state index in [9.17, 15) is 4.39 Å². The maximum absolute atomic E-state index is 13.9. The number of anilines is 1. The van der Waals surface area contributed by atoms with Crippen LogP contribution in [0.4, 0.5) is 10.1 Å². The van der Waals surface area contributed by atoms with Gasteiger partial charge in [-0.05, 0) is 23.3 Å². The minimum Gasteiger partial charge on any atom is -0.368 e. The number of nitrogens with two attached hydrogens (primary N) is 1. The molecule has 0 aliphatic rings. The van der Waals surface area contributed by atoms with E-state index in [2.05, 4.69) is 0 Å². The van der Waals surface area contributed by atoms with Crippen LogP contribution in [0.5, 0.6) is 0 Å². The third-order valence-corrected chi connectivity index (χ3v) is 2.92. The Bertz CT molecular complexity index is 511. The molecule has 2 N–H and O–H groups in total. The second kappa shape index (κ2) is 5.65. The third-order valence-electron chi connectivity index (χ3n) is 2.92. The second-order valence-electron chi connectivity index (χ2n) is 4.33. The van der Waals surface area contributed by atoms with Crippen LogP contribution in [-0.4, -0.2) is 7.05 Å². The number of nitrogens with zero attached hydrogens (tertiary/aromatic N) is 1. The van der Waals surface area contributed by atoms with Gasteiger partial charge in [-0.2, -0.15) is 0 Å². The SMILES string of the molecule is CN(Cc1ccccc1)c1ccc(CN)cc1F. The molecule has 0 aliphatic carbocycles. The Morgan fingerprint density at radius 2 is 1.78 bits per heavy atom. The van der Waals surface area contributed by atoms with Gasteiger partial charge in [0.05, 0.1) is 5.69 Å². The summed E-state index contributed by atoms with van der Waals surface area (Å²) < 4.78 is 13.9. The van der Waals surface area contributed by atoms with Crippen LogP contribution in [0.1, 0.15) is 11.1 Å². The number of benzene rings is 2. The average molecular weight is 244 g/mol. The van der Waals surface area contributed by atoms with Gasteiger partial charge < -0.3 is 10.6 Å². The van der Waals surface area contributed by atoms with Gasteiger partial charge in [-0.25, -0.2) is 4.39 Å². The highest BCUT2D eigenvalue weighted by Gasteiger charge is 2.08. The van der Waals surface area contributed by atoms with E-state index in [1.165, 1.54) is 6.07 Å². The van der Waals surface area contributed by atoms with E-state index in [4.69, 9.17) is 5.73 Å². The Morgan fingerprint density at radius 3 is 2.39 bits per heavy atom. The highest BCUT2D eigenvalue weighted by Crippen LogP contribution is 2.21. The van der Waals surface area contributed by atoms with Gasteiger partial charge >= 0.3 is 0 Å². The van der Waals surface area contributed by atoms with E-state index in [-0.39, 0.29) is 5.82 Å². The van der Waals surface area contributed by atoms with Crippen molar-refractivity contribution in [1.82, 2.24) is 0 Å². The van der Waals surface area contributed by atoms with Crippen molar-refractivity contribution in [2.24, 2.45) is 5.73 Å². The molecule has 0 aliphatic heterocycles. The molecule has 0 unspecified atom stereocenters. The zero-order chi connectivity index (χ0) is 13.0. The Balaban J connectivity index is 2.16. The molecule has 0 aromatic heterocycles. The molecule has 0 spiro atoms. The van der Waals surface area contributed by atoms with E-state index < -0.39 is 0 Å². The van der Waals surface area contributed by atoms with E-state index in [0.29, 0.717) is 18.8 Å². The monoisotopic (exact) mass is 244 g/mol. The lowest BCUT2D eigenvalue weighted by atomic mass is 10.1. The zero-order valence-corrected chi connectivity index (χ0v) is 10.4. The van der Waals surface area contributed by atoms with Gasteiger partial charge in [0.2, 0.25) is 0 Å². The van der Waals surface area contributed by atoms with Crippen LogP contribution in [0.15, 0.2) is 48.5 Å². The number of halogens is 1. The Hall–Kier alpha value is -1.87. The average Bonchev–Trinajstić information content (AvgIpc) is 2.39. The summed E-state index contributed by atoms with van der Waals surface area (Å²) in [7, 11) is 1.88. The quantitative estimate of drug-likeness (QED) is 0.896. The molecule has 2 aromatic rings. The van der Waals surface area contributed by atoms with Crippen LogP contribution in [-0.2, 0) is 13.1 Å². The molecule has 0 saturated heterocycles. The molecule has 94 valence electrons. The van der Waals surface area contributed by atoms with E-state index in [1.54, 1.807) is 6.07 Å². The molecule has 0 fully saturated rings. The minimum absolute atomic E-state index is 0.226.